The lowest BCUT2D eigenvalue weighted by molar-refractivity contribution is -0.139. The molecule has 0 spiro atoms. The van der Waals surface area contributed by atoms with Gasteiger partial charge in [-0.15, -0.1) is 0 Å². The molecule has 1 fully saturated rings. The standard InChI is InChI=1S/C11H21NO5/c1-15-11(14)6-12-5-9(13)7-16-8-10-3-2-4-17-10/h9-10,12-13H,2-8H2,1H3. The highest BCUT2D eigenvalue weighted by Gasteiger charge is 2.16. The number of nitrogens with one attached hydrogen (secondary N) is 1. The number of hydrogen-bond acceptors (Lipinski definition) is 6. The van der Waals surface area contributed by atoms with Crippen molar-refractivity contribution >= 4 is 5.97 Å². The first kappa shape index (κ1) is 14.4. The molecular formula is C11H21NO5. The van der Waals surface area contributed by atoms with Gasteiger partial charge in [-0.1, -0.05) is 0 Å². The SMILES string of the molecule is COC(=O)CNCC(O)COCC1CCCO1. The predicted molar refractivity (Wildman–Crippen MR) is 60.7 cm³/mol. The number of hydrogen-bond donors (Lipinski definition) is 2. The van der Waals surface area contributed by atoms with E-state index in [1.165, 1.54) is 7.11 Å². The molecule has 0 aliphatic carbocycles. The molecule has 0 saturated carbocycles. The van der Waals surface area contributed by atoms with Crippen molar-refractivity contribution in [3.05, 3.63) is 0 Å². The highest BCUT2D eigenvalue weighted by molar-refractivity contribution is 5.71. The number of carbonyl (C=O) groups is 1. The first-order valence-corrected chi connectivity index (χ1v) is 5.87. The zero-order valence-electron chi connectivity index (χ0n) is 10.2. The van der Waals surface area contributed by atoms with Gasteiger partial charge in [-0.3, -0.25) is 4.79 Å². The fourth-order valence-corrected chi connectivity index (χ4v) is 1.58. The predicted octanol–water partition coefficient (Wildman–Crippen LogP) is -0.694. The van der Waals surface area contributed by atoms with Gasteiger partial charge in [-0.25, -0.2) is 0 Å². The van der Waals surface area contributed by atoms with Gasteiger partial charge in [0.15, 0.2) is 0 Å². The number of carbonyl (C=O) groups excluding carboxylic acids is 1. The third kappa shape index (κ3) is 6.58. The van der Waals surface area contributed by atoms with Crippen molar-refractivity contribution in [1.82, 2.24) is 5.32 Å². The van der Waals surface area contributed by atoms with Crippen molar-refractivity contribution in [2.24, 2.45) is 0 Å². The molecule has 0 amide bonds. The third-order valence-corrected chi connectivity index (χ3v) is 2.51. The fraction of sp³-hybridized carbons (Fsp3) is 0.909. The Morgan fingerprint density at radius 1 is 1.65 bits per heavy atom. The monoisotopic (exact) mass is 247 g/mol. The summed E-state index contributed by atoms with van der Waals surface area (Å²) >= 11 is 0. The van der Waals surface area contributed by atoms with Gasteiger partial charge in [-0.2, -0.15) is 0 Å². The van der Waals surface area contributed by atoms with Gasteiger partial charge in [0.05, 0.1) is 39.1 Å². The van der Waals surface area contributed by atoms with Gasteiger partial charge in [0.2, 0.25) is 0 Å². The number of methoxy groups -OCH3 is 1. The van der Waals surface area contributed by atoms with E-state index in [-0.39, 0.29) is 25.2 Å². The van der Waals surface area contributed by atoms with Gasteiger partial charge >= 0.3 is 5.97 Å². The average molecular weight is 247 g/mol. The summed E-state index contributed by atoms with van der Waals surface area (Å²) in [5, 5.41) is 12.3. The molecule has 1 heterocycles. The first-order valence-electron chi connectivity index (χ1n) is 5.87. The summed E-state index contributed by atoms with van der Waals surface area (Å²) in [4.78, 5) is 10.8. The maximum Gasteiger partial charge on any atom is 0.319 e. The molecule has 0 radical (unpaired) electrons. The van der Waals surface area contributed by atoms with Crippen LogP contribution in [0.4, 0.5) is 0 Å². The van der Waals surface area contributed by atoms with Crippen LogP contribution in [0.2, 0.25) is 0 Å². The Bertz CT molecular complexity index is 218. The lowest BCUT2D eigenvalue weighted by Crippen LogP contribution is -2.34. The van der Waals surface area contributed by atoms with Crippen LogP contribution in [0.25, 0.3) is 0 Å². The molecule has 2 unspecified atom stereocenters. The molecule has 17 heavy (non-hydrogen) atoms. The molecule has 2 atom stereocenters. The summed E-state index contributed by atoms with van der Waals surface area (Å²) in [6.07, 6.45) is 1.65. The molecule has 6 heteroatoms. The Morgan fingerprint density at radius 2 is 2.47 bits per heavy atom. The number of rotatable bonds is 8. The van der Waals surface area contributed by atoms with Crippen LogP contribution >= 0.6 is 0 Å². The lowest BCUT2D eigenvalue weighted by atomic mass is 10.2. The maximum atomic E-state index is 10.8. The van der Waals surface area contributed by atoms with Gasteiger partial charge in [0.1, 0.15) is 0 Å². The fourth-order valence-electron chi connectivity index (χ4n) is 1.58. The Morgan fingerprint density at radius 3 is 3.12 bits per heavy atom. The zero-order valence-corrected chi connectivity index (χ0v) is 10.2. The van der Waals surface area contributed by atoms with Crippen LogP contribution in [0, 0.1) is 0 Å². The Hall–Kier alpha value is -0.690. The van der Waals surface area contributed by atoms with E-state index in [4.69, 9.17) is 9.47 Å². The molecule has 1 aliphatic rings. The van der Waals surface area contributed by atoms with Gasteiger partial charge in [0.25, 0.3) is 0 Å². The molecule has 2 N–H and O–H groups in total. The Kier molecular flexibility index (Phi) is 7.11. The van der Waals surface area contributed by atoms with Crippen LogP contribution in [0.15, 0.2) is 0 Å². The molecule has 1 rings (SSSR count). The summed E-state index contributed by atoms with van der Waals surface area (Å²) in [7, 11) is 1.32. The van der Waals surface area contributed by atoms with E-state index in [1.54, 1.807) is 0 Å². The second kappa shape index (κ2) is 8.41. The summed E-state index contributed by atoms with van der Waals surface area (Å²) in [6.45, 7) is 1.97. The molecule has 0 aromatic heterocycles. The van der Waals surface area contributed by atoms with Crippen LogP contribution < -0.4 is 5.32 Å². The third-order valence-electron chi connectivity index (χ3n) is 2.51. The second-order valence-corrected chi connectivity index (χ2v) is 4.03. The van der Waals surface area contributed by atoms with Crippen molar-refractivity contribution in [2.45, 2.75) is 25.0 Å². The van der Waals surface area contributed by atoms with Crippen molar-refractivity contribution in [1.29, 1.82) is 0 Å². The lowest BCUT2D eigenvalue weighted by Gasteiger charge is -2.14. The average Bonchev–Trinajstić information content (AvgIpc) is 2.82. The Labute approximate surface area is 101 Å². The molecule has 0 bridgehead atoms. The van der Waals surface area contributed by atoms with Crippen LogP contribution in [-0.4, -0.2) is 63.3 Å². The van der Waals surface area contributed by atoms with Crippen LogP contribution in [-0.2, 0) is 19.0 Å². The van der Waals surface area contributed by atoms with Crippen LogP contribution in [0.5, 0.6) is 0 Å². The summed E-state index contributed by atoms with van der Waals surface area (Å²) in [6, 6.07) is 0. The zero-order chi connectivity index (χ0) is 12.5. The van der Waals surface area contributed by atoms with E-state index in [0.29, 0.717) is 13.2 Å². The quantitative estimate of drug-likeness (QED) is 0.553. The Balaban J connectivity index is 1.93. The minimum absolute atomic E-state index is 0.0965. The summed E-state index contributed by atoms with van der Waals surface area (Å²) in [5.74, 6) is -0.350. The first-order chi connectivity index (χ1) is 8.22. The van der Waals surface area contributed by atoms with Gasteiger partial charge in [-0.05, 0) is 12.8 Å². The van der Waals surface area contributed by atoms with Crippen molar-refractivity contribution in [2.75, 3.05) is 40.0 Å². The number of esters is 1. The highest BCUT2D eigenvalue weighted by Crippen LogP contribution is 2.11. The van der Waals surface area contributed by atoms with Gasteiger partial charge < -0.3 is 24.6 Å². The normalized spacial score (nSPS) is 21.4. The molecule has 1 saturated heterocycles. The molecule has 0 aromatic rings. The van der Waals surface area contributed by atoms with Gasteiger partial charge in [0, 0.05) is 13.2 Å². The van der Waals surface area contributed by atoms with E-state index in [1.807, 2.05) is 0 Å². The van der Waals surface area contributed by atoms with Crippen molar-refractivity contribution in [3.63, 3.8) is 0 Å². The number of aliphatic hydroxyl groups excluding tert-OH is 1. The summed E-state index contributed by atoms with van der Waals surface area (Å²) < 4.78 is 15.2. The van der Waals surface area contributed by atoms with Crippen LogP contribution in [0.1, 0.15) is 12.8 Å². The molecule has 1 aliphatic heterocycles. The van der Waals surface area contributed by atoms with E-state index < -0.39 is 6.10 Å². The van der Waals surface area contributed by atoms with E-state index in [2.05, 4.69) is 10.1 Å². The van der Waals surface area contributed by atoms with Crippen LogP contribution in [0.3, 0.4) is 0 Å². The minimum atomic E-state index is -0.624. The number of aliphatic hydroxyl groups is 1. The highest BCUT2D eigenvalue weighted by atomic mass is 16.5. The van der Waals surface area contributed by atoms with E-state index in [9.17, 15) is 9.90 Å². The molecule has 0 aromatic carbocycles. The summed E-state index contributed by atoms with van der Waals surface area (Å²) in [5.41, 5.74) is 0. The largest absolute Gasteiger partial charge is 0.468 e. The molecule has 6 nitrogen and oxygen atoms in total. The van der Waals surface area contributed by atoms with E-state index in [0.717, 1.165) is 19.4 Å². The topological polar surface area (TPSA) is 77.0 Å². The smallest absolute Gasteiger partial charge is 0.319 e. The van der Waals surface area contributed by atoms with Crippen molar-refractivity contribution < 1.29 is 24.1 Å². The number of ether oxygens (including phenoxy) is 3. The molecular weight excluding hydrogens is 226 g/mol. The maximum absolute atomic E-state index is 10.8. The second-order valence-electron chi connectivity index (χ2n) is 4.03. The van der Waals surface area contributed by atoms with E-state index >= 15 is 0 Å². The molecule has 100 valence electrons. The van der Waals surface area contributed by atoms with Crippen molar-refractivity contribution in [3.8, 4) is 0 Å². The minimum Gasteiger partial charge on any atom is -0.468 e.